The summed E-state index contributed by atoms with van der Waals surface area (Å²) in [4.78, 5) is 23.2. The lowest BCUT2D eigenvalue weighted by atomic mass is 10.1. The van der Waals surface area contributed by atoms with E-state index >= 15 is 0 Å². The summed E-state index contributed by atoms with van der Waals surface area (Å²) in [6.07, 6.45) is 0. The van der Waals surface area contributed by atoms with E-state index in [4.69, 9.17) is 17.3 Å². The van der Waals surface area contributed by atoms with Crippen molar-refractivity contribution in [3.8, 4) is 11.4 Å². The maximum atomic E-state index is 12.2. The van der Waals surface area contributed by atoms with Crippen molar-refractivity contribution in [2.75, 3.05) is 0 Å². The number of thioether (sulfide) groups is 1. The van der Waals surface area contributed by atoms with Crippen LogP contribution in [0.3, 0.4) is 0 Å². The molecule has 0 aliphatic rings. The molecule has 0 radical (unpaired) electrons. The molecule has 7 nitrogen and oxygen atoms in total. The molecule has 0 saturated heterocycles. The summed E-state index contributed by atoms with van der Waals surface area (Å²) in [6, 6.07) is 6.47. The molecule has 0 unspecified atom stereocenters. The number of halogens is 1. The lowest BCUT2D eigenvalue weighted by molar-refractivity contribution is -0.120. The number of urea groups is 1. The fourth-order valence-electron chi connectivity index (χ4n) is 2.30. The van der Waals surface area contributed by atoms with Crippen molar-refractivity contribution in [1.29, 1.82) is 0 Å². The molecule has 9 heteroatoms. The van der Waals surface area contributed by atoms with Crippen LogP contribution in [-0.2, 0) is 11.3 Å². The van der Waals surface area contributed by atoms with Gasteiger partial charge in [-0.05, 0) is 25.0 Å². The molecule has 1 heterocycles. The minimum Gasteiger partial charge on any atom is -0.351 e. The van der Waals surface area contributed by atoms with Gasteiger partial charge in [0, 0.05) is 17.1 Å². The normalized spacial score (nSPS) is 12.2. The summed E-state index contributed by atoms with van der Waals surface area (Å²) in [5.41, 5.74) is 5.89. The molecule has 3 N–H and O–H groups in total. The third kappa shape index (κ3) is 4.73. The van der Waals surface area contributed by atoms with E-state index in [9.17, 15) is 9.59 Å². The van der Waals surface area contributed by atoms with Gasteiger partial charge in [-0.15, -0.1) is 10.2 Å². The Kier molecular flexibility index (Phi) is 6.44. The number of imide groups is 1. The number of nitrogens with zero attached hydrogens (tertiary/aromatic N) is 3. The summed E-state index contributed by atoms with van der Waals surface area (Å²) in [6.45, 7) is 6.38. The lowest BCUT2D eigenvalue weighted by Gasteiger charge is -2.18. The first-order valence-corrected chi connectivity index (χ1v) is 9.05. The molecule has 1 atom stereocenters. The third-order valence-corrected chi connectivity index (χ3v) is 5.22. The molecular formula is C16H20ClN5O2S. The number of nitrogens with two attached hydrogens (primary N) is 1. The number of nitrogens with one attached hydrogen (secondary N) is 1. The highest BCUT2D eigenvalue weighted by atomic mass is 35.5. The van der Waals surface area contributed by atoms with Gasteiger partial charge in [0.1, 0.15) is 0 Å². The Morgan fingerprint density at radius 2 is 2.08 bits per heavy atom. The predicted octanol–water partition coefficient (Wildman–Crippen LogP) is 2.93. The third-order valence-electron chi connectivity index (χ3n) is 3.46. The topological polar surface area (TPSA) is 103 Å². The Labute approximate surface area is 155 Å². The van der Waals surface area contributed by atoms with Gasteiger partial charge in [0.15, 0.2) is 11.0 Å². The van der Waals surface area contributed by atoms with Gasteiger partial charge in [0.2, 0.25) is 5.91 Å². The van der Waals surface area contributed by atoms with Crippen LogP contribution in [0.2, 0.25) is 5.02 Å². The average Bonchev–Trinajstić information content (AvgIpc) is 2.94. The van der Waals surface area contributed by atoms with Crippen molar-refractivity contribution < 1.29 is 9.59 Å². The summed E-state index contributed by atoms with van der Waals surface area (Å²) in [5.74, 6) is 0.203. The van der Waals surface area contributed by atoms with Crippen LogP contribution in [0.1, 0.15) is 20.8 Å². The second kappa shape index (κ2) is 8.35. The Balaban J connectivity index is 2.33. The second-order valence-corrected chi connectivity index (χ2v) is 7.24. The largest absolute Gasteiger partial charge is 0.351 e. The molecular weight excluding hydrogens is 362 g/mol. The number of primary amides is 1. The summed E-state index contributed by atoms with van der Waals surface area (Å²) in [5, 5.41) is 11.3. The van der Waals surface area contributed by atoms with E-state index in [1.54, 1.807) is 6.07 Å². The molecule has 0 bridgehead atoms. The van der Waals surface area contributed by atoms with Crippen molar-refractivity contribution in [2.24, 2.45) is 11.7 Å². The van der Waals surface area contributed by atoms with E-state index in [2.05, 4.69) is 15.5 Å². The molecule has 25 heavy (non-hydrogen) atoms. The zero-order valence-corrected chi connectivity index (χ0v) is 15.8. The molecule has 134 valence electrons. The van der Waals surface area contributed by atoms with E-state index in [1.807, 2.05) is 43.5 Å². The predicted molar refractivity (Wildman–Crippen MR) is 98.4 cm³/mol. The average molecular weight is 382 g/mol. The molecule has 0 aliphatic carbocycles. The highest BCUT2D eigenvalue weighted by Crippen LogP contribution is 2.30. The fourth-order valence-corrected chi connectivity index (χ4v) is 3.59. The maximum absolute atomic E-state index is 12.2. The number of rotatable bonds is 6. The first-order valence-electron chi connectivity index (χ1n) is 7.79. The molecule has 1 aromatic heterocycles. The van der Waals surface area contributed by atoms with Gasteiger partial charge >= 0.3 is 6.03 Å². The van der Waals surface area contributed by atoms with E-state index in [-0.39, 0.29) is 5.92 Å². The van der Waals surface area contributed by atoms with Crippen molar-refractivity contribution in [3.05, 3.63) is 29.3 Å². The number of benzene rings is 1. The molecule has 0 aliphatic heterocycles. The first-order chi connectivity index (χ1) is 11.8. The zero-order valence-electron chi connectivity index (χ0n) is 14.2. The van der Waals surface area contributed by atoms with E-state index in [0.717, 1.165) is 5.56 Å². The van der Waals surface area contributed by atoms with Crippen LogP contribution in [0.4, 0.5) is 4.79 Å². The van der Waals surface area contributed by atoms with Gasteiger partial charge in [-0.3, -0.25) is 10.1 Å². The molecule has 0 spiro atoms. The van der Waals surface area contributed by atoms with Gasteiger partial charge in [0.05, 0.1) is 5.25 Å². The molecule has 1 aromatic carbocycles. The van der Waals surface area contributed by atoms with E-state index in [1.165, 1.54) is 11.8 Å². The number of carbonyl (C=O) groups is 2. The standard InChI is InChI=1S/C16H20ClN5O2S/c1-4-22-13(10-6-5-7-11(17)8-10)20-21-16(22)25-12(9(2)3)14(23)19-15(18)24/h5-9,12H,4H2,1-3H3,(H3,18,19,23,24)/t12-/m0/s1. The SMILES string of the molecule is CCn1c(S[C@H](C(=O)NC(N)=O)C(C)C)nnc1-c1cccc(Cl)c1. The van der Waals surface area contributed by atoms with Crippen molar-refractivity contribution in [2.45, 2.75) is 37.7 Å². The second-order valence-electron chi connectivity index (χ2n) is 5.70. The number of hydrogen-bond donors (Lipinski definition) is 2. The van der Waals surface area contributed by atoms with Gasteiger partial charge in [-0.1, -0.05) is 49.3 Å². The summed E-state index contributed by atoms with van der Waals surface area (Å²) in [7, 11) is 0. The van der Waals surface area contributed by atoms with Crippen LogP contribution in [0.25, 0.3) is 11.4 Å². The minimum absolute atomic E-state index is 0.0269. The Hall–Kier alpha value is -2.06. The Morgan fingerprint density at radius 1 is 1.36 bits per heavy atom. The number of amides is 3. The van der Waals surface area contributed by atoms with Crippen molar-refractivity contribution in [3.63, 3.8) is 0 Å². The first kappa shape index (κ1) is 19.3. The van der Waals surface area contributed by atoms with E-state index in [0.29, 0.717) is 22.5 Å². The highest BCUT2D eigenvalue weighted by Gasteiger charge is 2.27. The molecule has 2 rings (SSSR count). The van der Waals surface area contributed by atoms with Crippen LogP contribution in [0.15, 0.2) is 29.4 Å². The Bertz CT molecular complexity index is 778. The van der Waals surface area contributed by atoms with Crippen molar-refractivity contribution in [1.82, 2.24) is 20.1 Å². The molecule has 0 saturated carbocycles. The molecule has 3 amide bonds. The summed E-state index contributed by atoms with van der Waals surface area (Å²) < 4.78 is 1.91. The van der Waals surface area contributed by atoms with Gasteiger partial charge < -0.3 is 10.3 Å². The summed E-state index contributed by atoms with van der Waals surface area (Å²) >= 11 is 7.31. The number of carbonyl (C=O) groups excluding carboxylic acids is 2. The van der Waals surface area contributed by atoms with Crippen LogP contribution < -0.4 is 11.1 Å². The quantitative estimate of drug-likeness (QED) is 0.749. The molecule has 0 fully saturated rings. The number of hydrogen-bond acceptors (Lipinski definition) is 5. The highest BCUT2D eigenvalue weighted by molar-refractivity contribution is 8.00. The zero-order chi connectivity index (χ0) is 18.6. The number of aromatic nitrogens is 3. The van der Waals surface area contributed by atoms with Crippen LogP contribution in [0, 0.1) is 5.92 Å². The monoisotopic (exact) mass is 381 g/mol. The van der Waals surface area contributed by atoms with Gasteiger partial charge in [-0.25, -0.2) is 4.79 Å². The smallest absolute Gasteiger partial charge is 0.318 e. The van der Waals surface area contributed by atoms with Crippen LogP contribution in [-0.4, -0.2) is 32.0 Å². The van der Waals surface area contributed by atoms with E-state index < -0.39 is 17.2 Å². The minimum atomic E-state index is -0.868. The van der Waals surface area contributed by atoms with Crippen molar-refractivity contribution >= 4 is 35.3 Å². The maximum Gasteiger partial charge on any atom is 0.318 e. The van der Waals surface area contributed by atoms with Crippen LogP contribution in [0.5, 0.6) is 0 Å². The molecule has 2 aromatic rings. The van der Waals surface area contributed by atoms with Gasteiger partial charge in [0.25, 0.3) is 0 Å². The van der Waals surface area contributed by atoms with Gasteiger partial charge in [-0.2, -0.15) is 0 Å². The van der Waals surface area contributed by atoms with Crippen LogP contribution >= 0.6 is 23.4 Å². The fraction of sp³-hybridized carbons (Fsp3) is 0.375. The lowest BCUT2D eigenvalue weighted by Crippen LogP contribution is -2.42. The Morgan fingerprint density at radius 3 is 2.64 bits per heavy atom.